The fourth-order valence-electron chi connectivity index (χ4n) is 2.16. The first kappa shape index (κ1) is 15.7. The van der Waals surface area contributed by atoms with Crippen LogP contribution in [-0.2, 0) is 10.0 Å². The molecule has 112 valence electrons. The van der Waals surface area contributed by atoms with Crippen molar-refractivity contribution in [3.8, 4) is 0 Å². The van der Waals surface area contributed by atoms with Gasteiger partial charge >= 0.3 is 0 Å². The summed E-state index contributed by atoms with van der Waals surface area (Å²) in [5, 5.41) is 0. The van der Waals surface area contributed by atoms with Gasteiger partial charge < -0.3 is 0 Å². The van der Waals surface area contributed by atoms with E-state index in [0.717, 1.165) is 12.0 Å². The van der Waals surface area contributed by atoms with Gasteiger partial charge in [0.05, 0.1) is 4.90 Å². The van der Waals surface area contributed by atoms with E-state index in [4.69, 9.17) is 0 Å². The van der Waals surface area contributed by atoms with Gasteiger partial charge in [-0.1, -0.05) is 55.0 Å². The topological polar surface area (TPSA) is 46.2 Å². The second kappa shape index (κ2) is 6.87. The largest absolute Gasteiger partial charge is 0.240 e. The maximum Gasteiger partial charge on any atom is 0.240 e. The number of aryl methyl sites for hydroxylation is 1. The van der Waals surface area contributed by atoms with Crippen LogP contribution in [0.1, 0.15) is 30.4 Å². The smallest absolute Gasteiger partial charge is 0.211 e. The van der Waals surface area contributed by atoms with E-state index in [-0.39, 0.29) is 0 Å². The van der Waals surface area contributed by atoms with Gasteiger partial charge in [0, 0.05) is 6.54 Å². The van der Waals surface area contributed by atoms with E-state index in [0.29, 0.717) is 17.4 Å². The standard InChI is InChI=1S/C17H21NO2S/c1-14-8-10-17(11-9-14)21(19,20)18-13-12-15(2)16-6-4-3-5-7-16/h3-11,15,18H,12-13H2,1-2H3. The van der Waals surface area contributed by atoms with Gasteiger partial charge in [0.15, 0.2) is 0 Å². The van der Waals surface area contributed by atoms with Crippen LogP contribution in [0.5, 0.6) is 0 Å². The van der Waals surface area contributed by atoms with Crippen molar-refractivity contribution in [2.75, 3.05) is 6.54 Å². The van der Waals surface area contributed by atoms with Crippen molar-refractivity contribution in [3.63, 3.8) is 0 Å². The molecule has 2 aromatic carbocycles. The number of hydrogen-bond acceptors (Lipinski definition) is 2. The summed E-state index contributed by atoms with van der Waals surface area (Å²) in [5.74, 6) is 0.326. The molecule has 1 N–H and O–H groups in total. The predicted octanol–water partition coefficient (Wildman–Crippen LogP) is 3.47. The zero-order chi connectivity index (χ0) is 15.3. The third kappa shape index (κ3) is 4.41. The number of nitrogens with one attached hydrogen (secondary N) is 1. The molecular weight excluding hydrogens is 282 g/mol. The minimum Gasteiger partial charge on any atom is -0.211 e. The van der Waals surface area contributed by atoms with Gasteiger partial charge in [-0.25, -0.2) is 13.1 Å². The Bertz CT molecular complexity index is 664. The Hall–Kier alpha value is -1.65. The maximum absolute atomic E-state index is 12.2. The van der Waals surface area contributed by atoms with Crippen LogP contribution in [0, 0.1) is 6.92 Å². The zero-order valence-corrected chi connectivity index (χ0v) is 13.2. The SMILES string of the molecule is Cc1ccc(S(=O)(=O)NCCC(C)c2ccccc2)cc1. The van der Waals surface area contributed by atoms with Crippen LogP contribution in [0.4, 0.5) is 0 Å². The lowest BCUT2D eigenvalue weighted by atomic mass is 9.98. The molecule has 0 fully saturated rings. The molecule has 0 aliphatic heterocycles. The van der Waals surface area contributed by atoms with E-state index in [1.54, 1.807) is 24.3 Å². The number of rotatable bonds is 6. The molecule has 2 rings (SSSR count). The van der Waals surface area contributed by atoms with Crippen molar-refractivity contribution in [3.05, 3.63) is 65.7 Å². The Morgan fingerprint density at radius 1 is 1.00 bits per heavy atom. The monoisotopic (exact) mass is 303 g/mol. The Labute approximate surface area is 127 Å². The molecule has 0 aliphatic carbocycles. The van der Waals surface area contributed by atoms with Crippen molar-refractivity contribution in [1.29, 1.82) is 0 Å². The van der Waals surface area contributed by atoms with Crippen LogP contribution in [0.3, 0.4) is 0 Å². The van der Waals surface area contributed by atoms with Gasteiger partial charge in [-0.2, -0.15) is 0 Å². The minimum atomic E-state index is -3.40. The molecule has 0 bridgehead atoms. The summed E-state index contributed by atoms with van der Waals surface area (Å²) in [6.45, 7) is 4.48. The van der Waals surface area contributed by atoms with E-state index in [1.165, 1.54) is 5.56 Å². The summed E-state index contributed by atoms with van der Waals surface area (Å²) < 4.78 is 27.0. The molecule has 0 amide bonds. The minimum absolute atomic E-state index is 0.320. The Balaban J connectivity index is 1.92. The van der Waals surface area contributed by atoms with E-state index in [1.807, 2.05) is 25.1 Å². The maximum atomic E-state index is 12.2. The number of hydrogen-bond donors (Lipinski definition) is 1. The average Bonchev–Trinajstić information content (AvgIpc) is 2.48. The quantitative estimate of drug-likeness (QED) is 0.888. The highest BCUT2D eigenvalue weighted by atomic mass is 32.2. The van der Waals surface area contributed by atoms with Crippen molar-refractivity contribution < 1.29 is 8.42 Å². The molecule has 0 aromatic heterocycles. The molecule has 0 aliphatic rings. The zero-order valence-electron chi connectivity index (χ0n) is 12.4. The Morgan fingerprint density at radius 2 is 1.62 bits per heavy atom. The summed E-state index contributed by atoms with van der Waals surface area (Å²) in [4.78, 5) is 0.320. The van der Waals surface area contributed by atoms with Crippen molar-refractivity contribution in [2.24, 2.45) is 0 Å². The molecule has 1 atom stereocenters. The average molecular weight is 303 g/mol. The normalized spacial score (nSPS) is 13.0. The van der Waals surface area contributed by atoms with Gasteiger partial charge in [-0.15, -0.1) is 0 Å². The molecule has 2 aromatic rings. The summed E-state index contributed by atoms with van der Waals surface area (Å²) in [5.41, 5.74) is 2.28. The van der Waals surface area contributed by atoms with Crippen LogP contribution in [0.2, 0.25) is 0 Å². The molecule has 0 radical (unpaired) electrons. The van der Waals surface area contributed by atoms with Crippen molar-refractivity contribution >= 4 is 10.0 Å². The van der Waals surface area contributed by atoms with Crippen LogP contribution in [-0.4, -0.2) is 15.0 Å². The van der Waals surface area contributed by atoms with Crippen LogP contribution in [0.25, 0.3) is 0 Å². The fraction of sp³-hybridized carbons (Fsp3) is 0.294. The predicted molar refractivity (Wildman–Crippen MR) is 85.8 cm³/mol. The second-order valence-corrected chi connectivity index (χ2v) is 7.08. The molecule has 0 spiro atoms. The summed E-state index contributed by atoms with van der Waals surface area (Å²) in [6, 6.07) is 17.0. The molecule has 0 saturated carbocycles. The lowest BCUT2D eigenvalue weighted by molar-refractivity contribution is 0.572. The Kier molecular flexibility index (Phi) is 5.15. The highest BCUT2D eigenvalue weighted by Crippen LogP contribution is 2.18. The number of benzene rings is 2. The first-order chi connectivity index (χ1) is 9.99. The number of sulfonamides is 1. The van der Waals surface area contributed by atoms with Gasteiger partial charge in [-0.05, 0) is 37.0 Å². The lowest BCUT2D eigenvalue weighted by Gasteiger charge is -2.12. The molecule has 1 unspecified atom stereocenters. The highest BCUT2D eigenvalue weighted by molar-refractivity contribution is 7.89. The van der Waals surface area contributed by atoms with E-state index >= 15 is 0 Å². The third-order valence-corrected chi connectivity index (χ3v) is 5.05. The van der Waals surface area contributed by atoms with Crippen LogP contribution >= 0.6 is 0 Å². The fourth-order valence-corrected chi connectivity index (χ4v) is 3.21. The first-order valence-corrected chi connectivity index (χ1v) is 8.58. The van der Waals surface area contributed by atoms with Crippen molar-refractivity contribution in [2.45, 2.75) is 31.1 Å². The Morgan fingerprint density at radius 3 is 2.24 bits per heavy atom. The summed E-state index contributed by atoms with van der Waals surface area (Å²) >= 11 is 0. The highest BCUT2D eigenvalue weighted by Gasteiger charge is 2.14. The third-order valence-electron chi connectivity index (χ3n) is 3.57. The van der Waals surface area contributed by atoms with Gasteiger partial charge in [0.2, 0.25) is 10.0 Å². The molecule has 4 heteroatoms. The lowest BCUT2D eigenvalue weighted by Crippen LogP contribution is -2.25. The molecular formula is C17H21NO2S. The van der Waals surface area contributed by atoms with E-state index in [9.17, 15) is 8.42 Å². The van der Waals surface area contributed by atoms with Gasteiger partial charge in [0.1, 0.15) is 0 Å². The van der Waals surface area contributed by atoms with Crippen LogP contribution in [0.15, 0.2) is 59.5 Å². The van der Waals surface area contributed by atoms with E-state index < -0.39 is 10.0 Å². The second-order valence-electron chi connectivity index (χ2n) is 5.31. The molecule has 21 heavy (non-hydrogen) atoms. The molecule has 3 nitrogen and oxygen atoms in total. The summed E-state index contributed by atoms with van der Waals surface area (Å²) in [7, 11) is -3.40. The van der Waals surface area contributed by atoms with Gasteiger partial charge in [-0.3, -0.25) is 0 Å². The van der Waals surface area contributed by atoms with E-state index in [2.05, 4.69) is 23.8 Å². The first-order valence-electron chi connectivity index (χ1n) is 7.10. The van der Waals surface area contributed by atoms with Gasteiger partial charge in [0.25, 0.3) is 0 Å². The van der Waals surface area contributed by atoms with Crippen molar-refractivity contribution in [1.82, 2.24) is 4.72 Å². The van der Waals surface area contributed by atoms with Crippen LogP contribution < -0.4 is 4.72 Å². The summed E-state index contributed by atoms with van der Waals surface area (Å²) in [6.07, 6.45) is 0.773. The molecule has 0 saturated heterocycles. The molecule has 0 heterocycles.